The second-order valence-electron chi connectivity index (χ2n) is 6.73. The van der Waals surface area contributed by atoms with Gasteiger partial charge < -0.3 is 5.11 Å². The van der Waals surface area contributed by atoms with Crippen LogP contribution in [0.5, 0.6) is 0 Å². The van der Waals surface area contributed by atoms with Crippen molar-refractivity contribution in [2.45, 2.75) is 45.1 Å². The van der Waals surface area contributed by atoms with Crippen molar-refractivity contribution in [3.63, 3.8) is 0 Å². The van der Waals surface area contributed by atoms with Gasteiger partial charge in [0, 0.05) is 0 Å². The van der Waals surface area contributed by atoms with E-state index >= 15 is 0 Å². The zero-order chi connectivity index (χ0) is 13.9. The highest BCUT2D eigenvalue weighted by Gasteiger charge is 2.44. The Morgan fingerprint density at radius 1 is 1.15 bits per heavy atom. The lowest BCUT2D eigenvalue weighted by Crippen LogP contribution is -2.18. The molecule has 0 radical (unpaired) electrons. The summed E-state index contributed by atoms with van der Waals surface area (Å²) >= 11 is 0. The van der Waals surface area contributed by atoms with Gasteiger partial charge in [-0.3, -0.25) is 0 Å². The molecular weight excluding hydrogens is 244 g/mol. The molecular formula is C19H26O. The molecule has 5 atom stereocenters. The van der Waals surface area contributed by atoms with E-state index in [1.807, 2.05) is 30.3 Å². The molecule has 2 aliphatic rings. The molecule has 2 saturated carbocycles. The van der Waals surface area contributed by atoms with Crippen LogP contribution in [-0.4, -0.2) is 5.11 Å². The molecule has 2 aliphatic carbocycles. The standard InChI is InChI=1S/C19H26O/c1-14-16-11-12-17(13-16)18(14)9-5-6-10-19(20)15-7-3-2-4-8-15/h2-8,14,16-20H,9-13H2,1H3/b6-5+/t14-,16?,17?,18-,19?/m0/s1. The molecule has 1 nitrogen and oxygen atoms in total. The van der Waals surface area contributed by atoms with Gasteiger partial charge in [-0.2, -0.15) is 0 Å². The van der Waals surface area contributed by atoms with Crippen molar-refractivity contribution < 1.29 is 5.11 Å². The van der Waals surface area contributed by atoms with Crippen molar-refractivity contribution in [2.24, 2.45) is 23.7 Å². The Balaban J connectivity index is 1.47. The lowest BCUT2D eigenvalue weighted by atomic mass is 9.78. The van der Waals surface area contributed by atoms with Gasteiger partial charge in [0.15, 0.2) is 0 Å². The zero-order valence-electron chi connectivity index (χ0n) is 12.4. The first kappa shape index (κ1) is 13.9. The lowest BCUT2D eigenvalue weighted by Gasteiger charge is -2.27. The second kappa shape index (κ2) is 6.13. The highest BCUT2D eigenvalue weighted by Crippen LogP contribution is 2.53. The van der Waals surface area contributed by atoms with Gasteiger partial charge in [0.2, 0.25) is 0 Å². The molecule has 20 heavy (non-hydrogen) atoms. The topological polar surface area (TPSA) is 20.2 Å². The van der Waals surface area contributed by atoms with Gasteiger partial charge in [-0.25, -0.2) is 0 Å². The number of aliphatic hydroxyl groups is 1. The molecule has 2 fully saturated rings. The van der Waals surface area contributed by atoms with Crippen LogP contribution in [-0.2, 0) is 0 Å². The number of benzene rings is 1. The van der Waals surface area contributed by atoms with E-state index in [-0.39, 0.29) is 6.10 Å². The molecule has 1 aromatic carbocycles. The van der Waals surface area contributed by atoms with Crippen molar-refractivity contribution in [1.29, 1.82) is 0 Å². The molecule has 1 N–H and O–H groups in total. The summed E-state index contributed by atoms with van der Waals surface area (Å²) in [6.45, 7) is 2.45. The van der Waals surface area contributed by atoms with Crippen LogP contribution in [0.4, 0.5) is 0 Å². The Morgan fingerprint density at radius 2 is 1.90 bits per heavy atom. The van der Waals surface area contributed by atoms with Crippen LogP contribution < -0.4 is 0 Å². The van der Waals surface area contributed by atoms with Crippen molar-refractivity contribution >= 4 is 0 Å². The highest BCUT2D eigenvalue weighted by molar-refractivity contribution is 5.18. The smallest absolute Gasteiger partial charge is 0.0824 e. The Labute approximate surface area is 122 Å². The first-order valence-electron chi connectivity index (χ1n) is 8.13. The highest BCUT2D eigenvalue weighted by atomic mass is 16.3. The van der Waals surface area contributed by atoms with E-state index < -0.39 is 0 Å². The summed E-state index contributed by atoms with van der Waals surface area (Å²) < 4.78 is 0. The Bertz CT molecular complexity index is 448. The third-order valence-corrected chi connectivity index (χ3v) is 5.66. The molecule has 0 aromatic heterocycles. The molecule has 2 bridgehead atoms. The molecule has 1 heteroatoms. The Hall–Kier alpha value is -1.08. The zero-order valence-corrected chi connectivity index (χ0v) is 12.4. The van der Waals surface area contributed by atoms with Crippen LogP contribution in [0, 0.1) is 23.7 Å². The van der Waals surface area contributed by atoms with E-state index in [0.717, 1.165) is 35.7 Å². The summed E-state index contributed by atoms with van der Waals surface area (Å²) in [6, 6.07) is 9.95. The second-order valence-corrected chi connectivity index (χ2v) is 6.73. The van der Waals surface area contributed by atoms with Gasteiger partial charge in [0.25, 0.3) is 0 Å². The minimum Gasteiger partial charge on any atom is -0.388 e. The molecule has 0 aliphatic heterocycles. The number of rotatable bonds is 5. The first-order chi connectivity index (χ1) is 9.75. The first-order valence-corrected chi connectivity index (χ1v) is 8.13. The number of aliphatic hydroxyl groups excluding tert-OH is 1. The Kier molecular flexibility index (Phi) is 4.26. The molecule has 108 valence electrons. The van der Waals surface area contributed by atoms with E-state index in [0.29, 0.717) is 0 Å². The normalized spacial score (nSPS) is 33.9. The third-order valence-electron chi connectivity index (χ3n) is 5.66. The van der Waals surface area contributed by atoms with E-state index in [2.05, 4.69) is 19.1 Å². The summed E-state index contributed by atoms with van der Waals surface area (Å²) in [5, 5.41) is 10.1. The van der Waals surface area contributed by atoms with Gasteiger partial charge in [-0.1, -0.05) is 49.4 Å². The number of fused-ring (bicyclic) bond motifs is 2. The van der Waals surface area contributed by atoms with Crippen LogP contribution >= 0.6 is 0 Å². The van der Waals surface area contributed by atoms with E-state index in [1.54, 1.807) is 0 Å². The summed E-state index contributed by atoms with van der Waals surface area (Å²) in [7, 11) is 0. The SMILES string of the molecule is C[C@H]1C2CCC(C2)[C@H]1C/C=C/CC(O)c1ccccc1. The van der Waals surface area contributed by atoms with Crippen LogP contribution in [0.3, 0.4) is 0 Å². The largest absolute Gasteiger partial charge is 0.388 e. The minimum absolute atomic E-state index is 0.357. The van der Waals surface area contributed by atoms with Crippen molar-refractivity contribution in [1.82, 2.24) is 0 Å². The quantitative estimate of drug-likeness (QED) is 0.766. The molecule has 3 unspecified atom stereocenters. The molecule has 3 rings (SSSR count). The van der Waals surface area contributed by atoms with E-state index in [1.165, 1.54) is 25.7 Å². The summed E-state index contributed by atoms with van der Waals surface area (Å²) in [6.07, 6.45) is 10.5. The minimum atomic E-state index is -0.357. The maximum Gasteiger partial charge on any atom is 0.0824 e. The molecule has 1 aromatic rings. The van der Waals surface area contributed by atoms with Crippen molar-refractivity contribution in [3.8, 4) is 0 Å². The fourth-order valence-corrected chi connectivity index (χ4v) is 4.39. The van der Waals surface area contributed by atoms with Crippen LogP contribution in [0.15, 0.2) is 42.5 Å². The summed E-state index contributed by atoms with van der Waals surface area (Å²) in [5.74, 6) is 3.81. The predicted octanol–water partition coefficient (Wildman–Crippen LogP) is 4.74. The van der Waals surface area contributed by atoms with Crippen LogP contribution in [0.25, 0.3) is 0 Å². The maximum atomic E-state index is 10.1. The predicted molar refractivity (Wildman–Crippen MR) is 83.3 cm³/mol. The number of hydrogen-bond donors (Lipinski definition) is 1. The average molecular weight is 270 g/mol. The molecule has 0 saturated heterocycles. The van der Waals surface area contributed by atoms with Crippen molar-refractivity contribution in [3.05, 3.63) is 48.0 Å². The summed E-state index contributed by atoms with van der Waals surface area (Å²) in [4.78, 5) is 0. The summed E-state index contributed by atoms with van der Waals surface area (Å²) in [5.41, 5.74) is 1.02. The van der Waals surface area contributed by atoms with Crippen LogP contribution in [0.1, 0.15) is 50.7 Å². The Morgan fingerprint density at radius 3 is 2.60 bits per heavy atom. The lowest BCUT2D eigenvalue weighted by molar-refractivity contribution is 0.181. The average Bonchev–Trinajstić information content (AvgIpc) is 3.06. The van der Waals surface area contributed by atoms with E-state index in [9.17, 15) is 5.11 Å². The fraction of sp³-hybridized carbons (Fsp3) is 0.579. The number of hydrogen-bond acceptors (Lipinski definition) is 1. The van der Waals surface area contributed by atoms with Gasteiger partial charge in [0.1, 0.15) is 0 Å². The van der Waals surface area contributed by atoms with Gasteiger partial charge in [-0.05, 0) is 61.3 Å². The van der Waals surface area contributed by atoms with Gasteiger partial charge >= 0.3 is 0 Å². The number of allylic oxidation sites excluding steroid dienone is 1. The van der Waals surface area contributed by atoms with Gasteiger partial charge in [0.05, 0.1) is 6.10 Å². The maximum absolute atomic E-state index is 10.1. The van der Waals surface area contributed by atoms with Gasteiger partial charge in [-0.15, -0.1) is 0 Å². The molecule has 0 heterocycles. The molecule has 0 spiro atoms. The van der Waals surface area contributed by atoms with E-state index in [4.69, 9.17) is 0 Å². The third kappa shape index (κ3) is 2.83. The fourth-order valence-electron chi connectivity index (χ4n) is 4.39. The van der Waals surface area contributed by atoms with Crippen LogP contribution in [0.2, 0.25) is 0 Å². The molecule has 0 amide bonds. The van der Waals surface area contributed by atoms with Crippen molar-refractivity contribution in [2.75, 3.05) is 0 Å². The monoisotopic (exact) mass is 270 g/mol.